The molecule has 0 spiro atoms. The number of nitrogen functional groups attached to an aromatic ring is 1. The molecule has 0 aliphatic heterocycles. The third-order valence-corrected chi connectivity index (χ3v) is 5.49. The summed E-state index contributed by atoms with van der Waals surface area (Å²) in [5, 5.41) is 0. The van der Waals surface area contributed by atoms with E-state index in [1.165, 1.54) is 37.9 Å². The molecule has 2 rings (SSSR count). The molecular formula is C14H23N3O2S. The highest BCUT2D eigenvalue weighted by Crippen LogP contribution is 2.30. The molecule has 112 valence electrons. The second kappa shape index (κ2) is 6.54. The van der Waals surface area contributed by atoms with E-state index in [-0.39, 0.29) is 10.7 Å². The van der Waals surface area contributed by atoms with Crippen LogP contribution in [0.5, 0.6) is 0 Å². The molecule has 5 nitrogen and oxygen atoms in total. The van der Waals surface area contributed by atoms with Gasteiger partial charge in [0, 0.05) is 12.7 Å². The molecule has 2 atom stereocenters. The van der Waals surface area contributed by atoms with Gasteiger partial charge in [0.2, 0.25) is 10.0 Å². The molecule has 0 amide bonds. The van der Waals surface area contributed by atoms with Crippen LogP contribution in [0.15, 0.2) is 23.2 Å². The summed E-state index contributed by atoms with van der Waals surface area (Å²) in [6, 6.07) is 3.06. The molecule has 1 fully saturated rings. The number of hydrogen-bond donors (Lipinski definition) is 2. The normalized spacial score (nSPS) is 23.6. The Balaban J connectivity index is 1.88. The maximum atomic E-state index is 12.1. The van der Waals surface area contributed by atoms with Crippen LogP contribution < -0.4 is 10.5 Å². The lowest BCUT2D eigenvalue weighted by atomic mass is 9.81. The highest BCUT2D eigenvalue weighted by Gasteiger charge is 2.21. The van der Waals surface area contributed by atoms with Crippen molar-refractivity contribution in [3.63, 3.8) is 0 Å². The topological polar surface area (TPSA) is 85.1 Å². The van der Waals surface area contributed by atoms with Gasteiger partial charge in [-0.1, -0.05) is 26.2 Å². The van der Waals surface area contributed by atoms with Gasteiger partial charge in [-0.15, -0.1) is 0 Å². The predicted octanol–water partition coefficient (Wildman–Crippen LogP) is 2.16. The largest absolute Gasteiger partial charge is 0.383 e. The van der Waals surface area contributed by atoms with Crippen LogP contribution in [-0.4, -0.2) is 19.9 Å². The molecule has 1 aliphatic carbocycles. The minimum Gasteiger partial charge on any atom is -0.383 e. The lowest BCUT2D eigenvalue weighted by Gasteiger charge is -2.26. The van der Waals surface area contributed by atoms with Gasteiger partial charge in [-0.2, -0.15) is 0 Å². The summed E-state index contributed by atoms with van der Waals surface area (Å²) in [7, 11) is -3.54. The van der Waals surface area contributed by atoms with E-state index in [2.05, 4.69) is 16.6 Å². The van der Waals surface area contributed by atoms with Gasteiger partial charge < -0.3 is 5.73 Å². The summed E-state index contributed by atoms with van der Waals surface area (Å²) >= 11 is 0. The number of aromatic nitrogens is 1. The van der Waals surface area contributed by atoms with Crippen LogP contribution in [-0.2, 0) is 10.0 Å². The molecule has 0 aromatic carbocycles. The first-order chi connectivity index (χ1) is 9.49. The number of rotatable bonds is 5. The molecule has 3 N–H and O–H groups in total. The molecule has 1 aromatic heterocycles. The van der Waals surface area contributed by atoms with E-state index >= 15 is 0 Å². The molecule has 1 aliphatic rings. The minimum atomic E-state index is -3.54. The first-order valence-electron chi connectivity index (χ1n) is 7.19. The number of pyridine rings is 1. The molecule has 2 unspecified atom stereocenters. The Labute approximate surface area is 121 Å². The van der Waals surface area contributed by atoms with Crippen molar-refractivity contribution < 1.29 is 8.42 Å². The van der Waals surface area contributed by atoms with Crippen LogP contribution >= 0.6 is 0 Å². The smallest absolute Gasteiger partial charge is 0.244 e. The minimum absolute atomic E-state index is 0.0475. The van der Waals surface area contributed by atoms with Gasteiger partial charge in [-0.25, -0.2) is 18.1 Å². The Bertz CT molecular complexity index is 545. The average Bonchev–Trinajstić information content (AvgIpc) is 2.39. The predicted molar refractivity (Wildman–Crippen MR) is 79.6 cm³/mol. The number of nitrogens with two attached hydrogens (primary N) is 1. The summed E-state index contributed by atoms with van der Waals surface area (Å²) in [4.78, 5) is 3.88. The average molecular weight is 297 g/mol. The zero-order chi connectivity index (χ0) is 14.6. The highest BCUT2D eigenvalue weighted by molar-refractivity contribution is 7.89. The maximum absolute atomic E-state index is 12.1. The molecule has 0 saturated heterocycles. The maximum Gasteiger partial charge on any atom is 0.244 e. The zero-order valence-electron chi connectivity index (χ0n) is 11.9. The van der Waals surface area contributed by atoms with E-state index < -0.39 is 10.0 Å². The first-order valence-corrected chi connectivity index (χ1v) is 8.67. The standard InChI is InChI=1S/C14H23N3O2S/c1-11-4-2-5-12(10-11)7-9-17-20(18,19)13-6-3-8-16-14(13)15/h3,6,8,11-12,17H,2,4-5,7,9-10H2,1H3,(H2,15,16). The lowest BCUT2D eigenvalue weighted by Crippen LogP contribution is -2.28. The Kier molecular flexibility index (Phi) is 4.99. The Morgan fingerprint density at radius 1 is 1.45 bits per heavy atom. The lowest BCUT2D eigenvalue weighted by molar-refractivity contribution is 0.271. The molecule has 1 aromatic rings. The van der Waals surface area contributed by atoms with Gasteiger partial charge in [-0.3, -0.25) is 0 Å². The quantitative estimate of drug-likeness (QED) is 0.872. The number of sulfonamides is 1. The molecule has 1 heterocycles. The van der Waals surface area contributed by atoms with E-state index in [1.807, 2.05) is 0 Å². The summed E-state index contributed by atoms with van der Waals surface area (Å²) in [6.07, 6.45) is 7.35. The van der Waals surface area contributed by atoms with Crippen molar-refractivity contribution in [2.75, 3.05) is 12.3 Å². The van der Waals surface area contributed by atoms with Gasteiger partial charge >= 0.3 is 0 Å². The van der Waals surface area contributed by atoms with E-state index in [0.717, 1.165) is 12.3 Å². The van der Waals surface area contributed by atoms with Crippen LogP contribution in [0, 0.1) is 11.8 Å². The molecular weight excluding hydrogens is 274 g/mol. The number of nitrogens with zero attached hydrogens (tertiary/aromatic N) is 1. The van der Waals surface area contributed by atoms with Crippen LogP contribution in [0.1, 0.15) is 39.0 Å². The second-order valence-corrected chi connectivity index (χ2v) is 7.45. The van der Waals surface area contributed by atoms with Crippen molar-refractivity contribution in [3.05, 3.63) is 18.3 Å². The summed E-state index contributed by atoms with van der Waals surface area (Å²) in [5.41, 5.74) is 5.61. The van der Waals surface area contributed by atoms with E-state index in [9.17, 15) is 8.42 Å². The van der Waals surface area contributed by atoms with Crippen molar-refractivity contribution in [2.45, 2.75) is 43.9 Å². The van der Waals surface area contributed by atoms with Gasteiger partial charge in [0.25, 0.3) is 0 Å². The fourth-order valence-corrected chi connectivity index (χ4v) is 4.05. The molecule has 1 saturated carbocycles. The molecule has 0 radical (unpaired) electrons. The van der Waals surface area contributed by atoms with Gasteiger partial charge in [0.15, 0.2) is 0 Å². The van der Waals surface area contributed by atoms with Crippen LogP contribution in [0.4, 0.5) is 5.82 Å². The van der Waals surface area contributed by atoms with Crippen molar-refractivity contribution in [2.24, 2.45) is 11.8 Å². The Morgan fingerprint density at radius 2 is 2.25 bits per heavy atom. The summed E-state index contributed by atoms with van der Waals surface area (Å²) < 4.78 is 26.9. The Morgan fingerprint density at radius 3 is 2.95 bits per heavy atom. The van der Waals surface area contributed by atoms with Gasteiger partial charge in [0.05, 0.1) is 0 Å². The van der Waals surface area contributed by atoms with Crippen molar-refractivity contribution >= 4 is 15.8 Å². The first kappa shape index (κ1) is 15.3. The van der Waals surface area contributed by atoms with Crippen molar-refractivity contribution in [1.29, 1.82) is 0 Å². The third kappa shape index (κ3) is 3.93. The molecule has 0 bridgehead atoms. The number of nitrogens with one attached hydrogen (secondary N) is 1. The van der Waals surface area contributed by atoms with Gasteiger partial charge in [0.1, 0.15) is 10.7 Å². The van der Waals surface area contributed by atoms with E-state index in [4.69, 9.17) is 5.73 Å². The fraction of sp³-hybridized carbons (Fsp3) is 0.643. The van der Waals surface area contributed by atoms with E-state index in [0.29, 0.717) is 12.5 Å². The fourth-order valence-electron chi connectivity index (χ4n) is 2.93. The molecule has 20 heavy (non-hydrogen) atoms. The third-order valence-electron chi connectivity index (χ3n) is 3.98. The molecule has 6 heteroatoms. The summed E-state index contributed by atoms with van der Waals surface area (Å²) in [6.45, 7) is 2.74. The van der Waals surface area contributed by atoms with Gasteiger partial charge in [-0.05, 0) is 36.8 Å². The van der Waals surface area contributed by atoms with E-state index in [1.54, 1.807) is 6.07 Å². The number of hydrogen-bond acceptors (Lipinski definition) is 4. The summed E-state index contributed by atoms with van der Waals surface area (Å²) in [5.74, 6) is 1.44. The van der Waals surface area contributed by atoms with Crippen LogP contribution in [0.2, 0.25) is 0 Å². The zero-order valence-corrected chi connectivity index (χ0v) is 12.7. The number of anilines is 1. The Hall–Kier alpha value is -1.14. The van der Waals surface area contributed by atoms with Crippen molar-refractivity contribution in [3.8, 4) is 0 Å². The SMILES string of the molecule is CC1CCCC(CCNS(=O)(=O)c2cccnc2N)C1. The monoisotopic (exact) mass is 297 g/mol. The highest BCUT2D eigenvalue weighted by atomic mass is 32.2. The van der Waals surface area contributed by atoms with Crippen LogP contribution in [0.25, 0.3) is 0 Å². The van der Waals surface area contributed by atoms with Crippen molar-refractivity contribution in [1.82, 2.24) is 9.71 Å². The van der Waals surface area contributed by atoms with Crippen LogP contribution in [0.3, 0.4) is 0 Å². The second-order valence-electron chi connectivity index (χ2n) is 5.71.